The normalized spacial score (nSPS) is 18.0. The molecule has 3 aromatic rings. The number of rotatable bonds is 14. The van der Waals surface area contributed by atoms with Crippen molar-refractivity contribution in [3.05, 3.63) is 107 Å². The minimum atomic E-state index is -1.05. The van der Waals surface area contributed by atoms with Crippen LogP contribution in [0.3, 0.4) is 0 Å². The van der Waals surface area contributed by atoms with Crippen LogP contribution in [-0.4, -0.2) is 71.6 Å². The average molecular weight is 630 g/mol. The molecular weight excluding hydrogens is 578 g/mol. The molecule has 46 heavy (non-hydrogen) atoms. The van der Waals surface area contributed by atoms with Gasteiger partial charge >= 0.3 is 6.09 Å². The van der Waals surface area contributed by atoms with E-state index in [1.54, 1.807) is 20.8 Å². The highest BCUT2D eigenvalue weighted by atomic mass is 16.6. The van der Waals surface area contributed by atoms with E-state index in [0.717, 1.165) is 41.6 Å². The first-order valence-electron chi connectivity index (χ1n) is 16.4. The van der Waals surface area contributed by atoms with Crippen LogP contribution in [0.25, 0.3) is 0 Å². The van der Waals surface area contributed by atoms with E-state index in [1.165, 1.54) is 5.56 Å². The van der Waals surface area contributed by atoms with E-state index in [2.05, 4.69) is 53.9 Å². The molecule has 0 bridgehead atoms. The van der Waals surface area contributed by atoms with Crippen molar-refractivity contribution in [1.82, 2.24) is 15.5 Å². The van der Waals surface area contributed by atoms with E-state index in [4.69, 9.17) is 4.74 Å². The number of amides is 2. The van der Waals surface area contributed by atoms with Gasteiger partial charge in [0, 0.05) is 12.3 Å². The van der Waals surface area contributed by atoms with E-state index >= 15 is 0 Å². The molecule has 8 heteroatoms. The minimum absolute atomic E-state index is 0.105. The van der Waals surface area contributed by atoms with Crippen molar-refractivity contribution >= 4 is 12.0 Å². The Hall–Kier alpha value is -3.72. The summed E-state index contributed by atoms with van der Waals surface area (Å²) in [7, 11) is 4.14. The van der Waals surface area contributed by atoms with Gasteiger partial charge in [-0.05, 0) is 101 Å². The fourth-order valence-corrected chi connectivity index (χ4v) is 6.09. The number of carbonyl (C=O) groups is 2. The Labute approximate surface area is 274 Å². The highest BCUT2D eigenvalue weighted by Gasteiger charge is 2.35. The fraction of sp³-hybridized carbons (Fsp3) is 0.474. The van der Waals surface area contributed by atoms with Gasteiger partial charge in [0.15, 0.2) is 0 Å². The van der Waals surface area contributed by atoms with Gasteiger partial charge in [-0.1, -0.05) is 78.9 Å². The van der Waals surface area contributed by atoms with Crippen molar-refractivity contribution in [3.63, 3.8) is 0 Å². The summed E-state index contributed by atoms with van der Waals surface area (Å²) >= 11 is 0. The second-order valence-electron chi connectivity index (χ2n) is 13.8. The Morgan fingerprint density at radius 2 is 1.54 bits per heavy atom. The van der Waals surface area contributed by atoms with Crippen molar-refractivity contribution in [1.29, 1.82) is 0 Å². The van der Waals surface area contributed by atoms with E-state index < -0.39 is 41.9 Å². The third kappa shape index (κ3) is 10.7. The zero-order chi connectivity index (χ0) is 33.3. The van der Waals surface area contributed by atoms with Gasteiger partial charge in [-0.15, -0.1) is 0 Å². The minimum Gasteiger partial charge on any atom is -0.444 e. The number of aryl methyl sites for hydroxylation is 1. The third-order valence-corrected chi connectivity index (χ3v) is 8.44. The molecule has 0 saturated heterocycles. The summed E-state index contributed by atoms with van der Waals surface area (Å²) in [6.07, 6.45) is 0.977. The molecule has 0 fully saturated rings. The monoisotopic (exact) mass is 629 g/mol. The molecule has 8 nitrogen and oxygen atoms in total. The number of aliphatic hydroxyl groups is 2. The Morgan fingerprint density at radius 1 is 0.913 bits per heavy atom. The molecule has 0 spiro atoms. The van der Waals surface area contributed by atoms with E-state index in [0.29, 0.717) is 19.3 Å². The van der Waals surface area contributed by atoms with E-state index in [1.807, 2.05) is 54.6 Å². The molecule has 4 rings (SSSR count). The zero-order valence-electron chi connectivity index (χ0n) is 27.9. The molecule has 3 aromatic carbocycles. The highest BCUT2D eigenvalue weighted by molar-refractivity contribution is 5.80. The first-order valence-corrected chi connectivity index (χ1v) is 16.4. The van der Waals surface area contributed by atoms with Crippen molar-refractivity contribution < 1.29 is 24.5 Å². The number of alkyl carbamates (subject to hydrolysis) is 1. The van der Waals surface area contributed by atoms with Crippen LogP contribution in [0.5, 0.6) is 0 Å². The predicted molar refractivity (Wildman–Crippen MR) is 181 cm³/mol. The van der Waals surface area contributed by atoms with Crippen LogP contribution in [0.4, 0.5) is 4.79 Å². The van der Waals surface area contributed by atoms with Crippen LogP contribution in [0.15, 0.2) is 78.9 Å². The van der Waals surface area contributed by atoms with Gasteiger partial charge in [0.2, 0.25) is 5.91 Å². The number of ether oxygens (including phenoxy) is 1. The third-order valence-electron chi connectivity index (χ3n) is 8.44. The molecule has 0 saturated carbocycles. The summed E-state index contributed by atoms with van der Waals surface area (Å²) in [6.45, 7) is 6.38. The Bertz CT molecular complexity index is 1400. The summed E-state index contributed by atoms with van der Waals surface area (Å²) in [5.41, 5.74) is 4.40. The lowest BCUT2D eigenvalue weighted by molar-refractivity contribution is -0.127. The molecule has 5 unspecified atom stereocenters. The lowest BCUT2D eigenvalue weighted by Gasteiger charge is -2.30. The molecule has 0 radical (unpaired) electrons. The Morgan fingerprint density at radius 3 is 2.22 bits per heavy atom. The smallest absolute Gasteiger partial charge is 0.407 e. The summed E-state index contributed by atoms with van der Waals surface area (Å²) < 4.78 is 5.52. The maximum Gasteiger partial charge on any atom is 0.407 e. The van der Waals surface area contributed by atoms with Crippen LogP contribution in [-0.2, 0) is 35.2 Å². The highest BCUT2D eigenvalue weighted by Crippen LogP contribution is 2.32. The maximum absolute atomic E-state index is 14.0. The number of carbonyl (C=O) groups excluding carboxylic acids is 2. The van der Waals surface area contributed by atoms with Crippen molar-refractivity contribution in [2.24, 2.45) is 5.92 Å². The molecule has 5 atom stereocenters. The van der Waals surface area contributed by atoms with Crippen molar-refractivity contribution in [2.45, 2.75) is 89.2 Å². The number of benzene rings is 3. The Balaban J connectivity index is 1.55. The second-order valence-corrected chi connectivity index (χ2v) is 13.8. The van der Waals surface area contributed by atoms with Crippen LogP contribution >= 0.6 is 0 Å². The van der Waals surface area contributed by atoms with Gasteiger partial charge in [-0.3, -0.25) is 4.79 Å². The maximum atomic E-state index is 14.0. The van der Waals surface area contributed by atoms with Crippen molar-refractivity contribution in [3.8, 4) is 0 Å². The van der Waals surface area contributed by atoms with Gasteiger partial charge in [-0.2, -0.15) is 0 Å². The first kappa shape index (κ1) is 35.1. The quantitative estimate of drug-likeness (QED) is 0.200. The van der Waals surface area contributed by atoms with Gasteiger partial charge < -0.3 is 30.5 Å². The molecule has 248 valence electrons. The fourth-order valence-electron chi connectivity index (χ4n) is 6.09. The average Bonchev–Trinajstić information content (AvgIpc) is 3.31. The summed E-state index contributed by atoms with van der Waals surface area (Å²) in [6, 6.07) is 24.5. The lowest BCUT2D eigenvalue weighted by atomic mass is 9.88. The van der Waals surface area contributed by atoms with Gasteiger partial charge in [-0.25, -0.2) is 4.79 Å². The Kier molecular flexibility index (Phi) is 12.4. The van der Waals surface area contributed by atoms with Gasteiger partial charge in [0.1, 0.15) is 5.60 Å². The standard InChI is InChI=1S/C38H51N3O5/c1-38(2,3)46-37(45)39-32(23-27-12-7-6-8-13-27)33(42)25-30(22-28-19-17-26(18-20-28)14-11-21-41(4)5)36(44)40-35-31-16-10-9-15-29(31)24-34(35)43/h6-10,12-13,15-20,30,32-35,42-43H,11,14,21-25H2,1-5H3,(H,39,45)(H,40,44). The predicted octanol–water partition coefficient (Wildman–Crippen LogP) is 5.00. The molecule has 1 aliphatic carbocycles. The number of hydrogen-bond donors (Lipinski definition) is 4. The van der Waals surface area contributed by atoms with E-state index in [9.17, 15) is 19.8 Å². The summed E-state index contributed by atoms with van der Waals surface area (Å²) in [5, 5.41) is 28.5. The topological polar surface area (TPSA) is 111 Å². The molecule has 1 aliphatic rings. The lowest BCUT2D eigenvalue weighted by Crippen LogP contribution is -2.48. The van der Waals surface area contributed by atoms with E-state index in [-0.39, 0.29) is 12.3 Å². The molecule has 0 heterocycles. The van der Waals surface area contributed by atoms with Crippen LogP contribution < -0.4 is 10.6 Å². The molecule has 2 amide bonds. The second kappa shape index (κ2) is 16.2. The molecular formula is C38H51N3O5. The number of fused-ring (bicyclic) bond motifs is 1. The van der Waals surface area contributed by atoms with Gasteiger partial charge in [0.25, 0.3) is 0 Å². The van der Waals surface area contributed by atoms with Crippen LogP contribution in [0.1, 0.15) is 67.5 Å². The molecule has 4 N–H and O–H groups in total. The molecule has 0 aliphatic heterocycles. The number of aliphatic hydroxyl groups excluding tert-OH is 2. The van der Waals surface area contributed by atoms with Crippen LogP contribution in [0, 0.1) is 5.92 Å². The van der Waals surface area contributed by atoms with Gasteiger partial charge in [0.05, 0.1) is 24.3 Å². The number of hydrogen-bond acceptors (Lipinski definition) is 6. The summed E-state index contributed by atoms with van der Waals surface area (Å²) in [4.78, 5) is 29.0. The zero-order valence-corrected chi connectivity index (χ0v) is 27.9. The van der Waals surface area contributed by atoms with Crippen molar-refractivity contribution in [2.75, 3.05) is 20.6 Å². The first-order chi connectivity index (χ1) is 21.9. The van der Waals surface area contributed by atoms with Crippen LogP contribution in [0.2, 0.25) is 0 Å². The SMILES string of the molecule is CN(C)CCCc1ccc(CC(CC(O)C(Cc2ccccc2)NC(=O)OC(C)(C)C)C(=O)NC2c3ccccc3CC2O)cc1. The number of nitrogens with zero attached hydrogens (tertiary/aromatic N) is 1. The summed E-state index contributed by atoms with van der Waals surface area (Å²) in [5.74, 6) is -0.862. The number of nitrogens with one attached hydrogen (secondary N) is 2. The largest absolute Gasteiger partial charge is 0.444 e. The molecule has 0 aromatic heterocycles.